The average molecular weight is 189 g/mol. The molecule has 4 heteroatoms. The van der Waals surface area contributed by atoms with Gasteiger partial charge in [0.2, 0.25) is 0 Å². The fourth-order valence-corrected chi connectivity index (χ4v) is 1.20. The first-order chi connectivity index (χ1) is 4.84. The van der Waals surface area contributed by atoms with Crippen LogP contribution in [0.1, 0.15) is 9.86 Å². The van der Waals surface area contributed by atoms with Gasteiger partial charge in [0.05, 0.1) is 4.30 Å². The Bertz CT molecular complexity index is 193. The molecular weight excluding hydrogens is 182 g/mol. The second-order valence-corrected chi connectivity index (χ2v) is 3.06. The van der Waals surface area contributed by atoms with Crippen LogP contribution >= 0.6 is 12.4 Å². The van der Waals surface area contributed by atoms with Gasteiger partial charge in [0.25, 0.3) is 0 Å². The van der Waals surface area contributed by atoms with E-state index in [2.05, 4.69) is 0 Å². The van der Waals surface area contributed by atoms with Gasteiger partial charge < -0.3 is 2.96 Å². The van der Waals surface area contributed by atoms with Crippen LogP contribution in [0, 0.1) is 0 Å². The fraction of sp³-hybridized carbons (Fsp3) is 0.143. The van der Waals surface area contributed by atoms with E-state index in [4.69, 9.17) is 0 Å². The SMILES string of the molecule is Cl.[F][Mg][CH](F)c1ccccc1. The summed E-state index contributed by atoms with van der Waals surface area (Å²) in [7, 11) is 0. The van der Waals surface area contributed by atoms with Gasteiger partial charge in [-0.2, -0.15) is 0 Å². The number of alkyl halides is 1. The smallest absolute Gasteiger partial charge is 0.481 e. The van der Waals surface area contributed by atoms with Crippen molar-refractivity contribution in [2.45, 2.75) is 4.30 Å². The van der Waals surface area contributed by atoms with Crippen molar-refractivity contribution < 1.29 is 7.35 Å². The summed E-state index contributed by atoms with van der Waals surface area (Å²) in [6, 6.07) is 8.43. The maximum Gasteiger partial charge on any atom is 0.656 e. The molecule has 58 valence electrons. The highest BCUT2D eigenvalue weighted by Crippen LogP contribution is 2.14. The molecule has 0 bridgehead atoms. The highest BCUT2D eigenvalue weighted by atomic mass is 35.5. The molecule has 0 heterocycles. The lowest BCUT2D eigenvalue weighted by Crippen LogP contribution is -1.95. The molecule has 1 aromatic carbocycles. The van der Waals surface area contributed by atoms with Crippen LogP contribution < -0.4 is 0 Å². The van der Waals surface area contributed by atoms with Crippen molar-refractivity contribution in [3.05, 3.63) is 35.9 Å². The summed E-state index contributed by atoms with van der Waals surface area (Å²) in [5, 5.41) is 0. The van der Waals surface area contributed by atoms with Gasteiger partial charge in [-0.05, 0) is 5.56 Å². The first-order valence-electron chi connectivity index (χ1n) is 3.09. The predicted octanol–water partition coefficient (Wildman–Crippen LogP) is 2.67. The molecular formula is C7H7ClF2Mg. The van der Waals surface area contributed by atoms with Crippen molar-refractivity contribution >= 4 is 33.3 Å². The van der Waals surface area contributed by atoms with E-state index in [1.165, 1.54) is 0 Å². The van der Waals surface area contributed by atoms with Crippen LogP contribution in [0.2, 0.25) is 0 Å². The van der Waals surface area contributed by atoms with Crippen molar-refractivity contribution in [3.63, 3.8) is 0 Å². The number of halogens is 3. The Kier molecular flexibility index (Phi) is 5.82. The third-order valence-corrected chi connectivity index (χ3v) is 2.04. The summed E-state index contributed by atoms with van der Waals surface area (Å²) in [5.41, 5.74) is 0.469. The number of hydrogen-bond acceptors (Lipinski definition) is 0. The van der Waals surface area contributed by atoms with Crippen LogP contribution in [0.4, 0.5) is 7.35 Å². The molecule has 1 rings (SSSR count). The van der Waals surface area contributed by atoms with Crippen LogP contribution in [0.3, 0.4) is 0 Å². The molecule has 0 spiro atoms. The Morgan fingerprint density at radius 3 is 2.18 bits per heavy atom. The minimum atomic E-state index is -2.03. The molecule has 1 aromatic rings. The molecule has 1 atom stereocenters. The third kappa shape index (κ3) is 3.36. The maximum atomic E-state index is 12.6. The molecule has 0 saturated heterocycles. The van der Waals surface area contributed by atoms with Crippen molar-refractivity contribution in [2.24, 2.45) is 0 Å². The van der Waals surface area contributed by atoms with E-state index < -0.39 is 25.2 Å². The van der Waals surface area contributed by atoms with Gasteiger partial charge in [-0.15, -0.1) is 12.4 Å². The van der Waals surface area contributed by atoms with Crippen LogP contribution in [0.5, 0.6) is 0 Å². The average Bonchev–Trinajstić information content (AvgIpc) is 2.05. The third-order valence-electron chi connectivity index (χ3n) is 1.30. The summed E-state index contributed by atoms with van der Waals surface area (Å²) in [4.78, 5) is 0. The van der Waals surface area contributed by atoms with Crippen LogP contribution in [0.25, 0.3) is 0 Å². The summed E-state index contributed by atoms with van der Waals surface area (Å²) in [6.45, 7) is 0. The summed E-state index contributed by atoms with van der Waals surface area (Å²) >= 11 is -2.03. The summed E-state index contributed by atoms with van der Waals surface area (Å²) < 4.78 is 23.1. The molecule has 1 unspecified atom stereocenters. The van der Waals surface area contributed by atoms with Crippen LogP contribution in [0.15, 0.2) is 30.3 Å². The Morgan fingerprint density at radius 1 is 1.18 bits per heavy atom. The second-order valence-electron chi connectivity index (χ2n) is 2.03. The molecule has 0 nitrogen and oxygen atoms in total. The molecule has 0 fully saturated rings. The number of hydrogen-bond donors (Lipinski definition) is 0. The molecule has 11 heavy (non-hydrogen) atoms. The van der Waals surface area contributed by atoms with E-state index in [1.807, 2.05) is 0 Å². The minimum absolute atomic E-state index is 0. The van der Waals surface area contributed by atoms with Crippen LogP contribution in [-0.4, -0.2) is 20.9 Å². The van der Waals surface area contributed by atoms with E-state index in [-0.39, 0.29) is 12.4 Å². The molecule has 0 saturated carbocycles. The summed E-state index contributed by atoms with van der Waals surface area (Å²) in [5.74, 6) is 0. The zero-order valence-electron chi connectivity index (χ0n) is 5.84. The molecule has 0 aliphatic carbocycles. The Morgan fingerprint density at radius 2 is 1.73 bits per heavy atom. The van der Waals surface area contributed by atoms with Gasteiger partial charge in [0.1, 0.15) is 0 Å². The van der Waals surface area contributed by atoms with Crippen LogP contribution in [-0.2, 0) is 0 Å². The lowest BCUT2D eigenvalue weighted by atomic mass is 10.2. The zero-order chi connectivity index (χ0) is 7.40. The van der Waals surface area contributed by atoms with Gasteiger partial charge in [-0.1, -0.05) is 30.3 Å². The van der Waals surface area contributed by atoms with Gasteiger partial charge in [0, 0.05) is 0 Å². The molecule has 0 radical (unpaired) electrons. The zero-order valence-corrected chi connectivity index (χ0v) is 8.07. The van der Waals surface area contributed by atoms with Gasteiger partial charge in [0.15, 0.2) is 0 Å². The van der Waals surface area contributed by atoms with Crippen molar-refractivity contribution in [1.29, 1.82) is 0 Å². The highest BCUT2D eigenvalue weighted by molar-refractivity contribution is 6.28. The molecule has 0 aliphatic rings. The van der Waals surface area contributed by atoms with E-state index in [1.54, 1.807) is 30.3 Å². The van der Waals surface area contributed by atoms with Gasteiger partial charge in [-0.3, -0.25) is 4.39 Å². The van der Waals surface area contributed by atoms with E-state index in [0.717, 1.165) is 0 Å². The largest absolute Gasteiger partial charge is 0.656 e. The lowest BCUT2D eigenvalue weighted by molar-refractivity contribution is 0.438. The van der Waals surface area contributed by atoms with Gasteiger partial charge in [-0.25, -0.2) is 0 Å². The van der Waals surface area contributed by atoms with E-state index in [0.29, 0.717) is 5.56 Å². The maximum absolute atomic E-state index is 12.6. The Hall–Kier alpha value is 0.136. The quantitative estimate of drug-likeness (QED) is 0.627. The molecule has 0 amide bonds. The topological polar surface area (TPSA) is 0 Å². The number of rotatable bonds is 2. The van der Waals surface area contributed by atoms with Crippen molar-refractivity contribution in [2.75, 3.05) is 0 Å². The summed E-state index contributed by atoms with van der Waals surface area (Å²) in [6.07, 6.45) is 0. The van der Waals surface area contributed by atoms with E-state index >= 15 is 0 Å². The Balaban J connectivity index is 0.000001000. The Labute approximate surface area is 80.9 Å². The first-order valence-corrected chi connectivity index (χ1v) is 4.44. The minimum Gasteiger partial charge on any atom is -0.481 e. The monoisotopic (exact) mass is 188 g/mol. The predicted molar refractivity (Wildman–Crippen MR) is 44.4 cm³/mol. The highest BCUT2D eigenvalue weighted by Gasteiger charge is 2.13. The second kappa shape index (κ2) is 5.74. The van der Waals surface area contributed by atoms with E-state index in [9.17, 15) is 7.35 Å². The molecule has 0 N–H and O–H groups in total. The van der Waals surface area contributed by atoms with Gasteiger partial charge >= 0.3 is 20.9 Å². The molecule has 0 aliphatic heterocycles. The number of benzene rings is 1. The van der Waals surface area contributed by atoms with Crippen molar-refractivity contribution in [3.8, 4) is 0 Å². The van der Waals surface area contributed by atoms with Crippen molar-refractivity contribution in [1.82, 2.24) is 0 Å². The first kappa shape index (κ1) is 11.1. The standard InChI is InChI=1S/C7H6F.ClH.FH.Mg/c8-6-7-4-2-1-3-5-7;;;/h1-6H;2*1H;/q;;;+1/p-1. The molecule has 0 aromatic heterocycles. The lowest BCUT2D eigenvalue weighted by Gasteiger charge is -1.99. The normalized spacial score (nSPS) is 11.1. The fourth-order valence-electron chi connectivity index (χ4n) is 0.751.